The highest BCUT2D eigenvalue weighted by Gasteiger charge is 2.36. The number of hydrogen-bond acceptors (Lipinski definition) is 6. The molecular formula is C29H28N6O3S. The van der Waals surface area contributed by atoms with Gasteiger partial charge in [0.15, 0.2) is 5.84 Å². The van der Waals surface area contributed by atoms with Crippen molar-refractivity contribution in [2.75, 3.05) is 19.7 Å². The van der Waals surface area contributed by atoms with Gasteiger partial charge >= 0.3 is 0 Å². The summed E-state index contributed by atoms with van der Waals surface area (Å²) in [6, 6.07) is 17.8. The van der Waals surface area contributed by atoms with Gasteiger partial charge in [0.1, 0.15) is 10.8 Å². The van der Waals surface area contributed by atoms with Crippen LogP contribution >= 0.6 is 11.8 Å². The first-order valence-corrected chi connectivity index (χ1v) is 13.9. The first-order chi connectivity index (χ1) is 19.1. The Bertz CT molecular complexity index is 1530. The zero-order valence-electron chi connectivity index (χ0n) is 21.4. The van der Waals surface area contributed by atoms with Crippen LogP contribution in [-0.4, -0.2) is 62.0 Å². The van der Waals surface area contributed by atoms with Crippen molar-refractivity contribution in [3.8, 4) is 5.75 Å². The van der Waals surface area contributed by atoms with Crippen LogP contribution in [0.25, 0.3) is 17.0 Å². The number of amidine groups is 2. The molecule has 4 heterocycles. The summed E-state index contributed by atoms with van der Waals surface area (Å²) in [6.07, 6.45) is 6.73. The minimum absolute atomic E-state index is 0.0230. The molecule has 0 aliphatic carbocycles. The minimum atomic E-state index is -0.478. The summed E-state index contributed by atoms with van der Waals surface area (Å²) in [6.45, 7) is 2.87. The molecule has 3 aliphatic rings. The average Bonchev–Trinajstić information content (AvgIpc) is 3.69. The fourth-order valence-corrected chi connectivity index (χ4v) is 5.86. The van der Waals surface area contributed by atoms with Crippen molar-refractivity contribution in [3.63, 3.8) is 0 Å². The number of ether oxygens (including phenoxy) is 1. The van der Waals surface area contributed by atoms with Gasteiger partial charge in [-0.1, -0.05) is 36.4 Å². The van der Waals surface area contributed by atoms with E-state index in [4.69, 9.17) is 10.1 Å². The van der Waals surface area contributed by atoms with Crippen LogP contribution in [0.4, 0.5) is 0 Å². The van der Waals surface area contributed by atoms with Crippen LogP contribution < -0.4 is 4.74 Å². The maximum Gasteiger partial charge on any atom is 0.283 e. The number of likely N-dealkylation sites (tertiary alicyclic amines) is 1. The Morgan fingerprint density at radius 1 is 1.08 bits per heavy atom. The molecular weight excluding hydrogens is 512 g/mol. The highest BCUT2D eigenvalue weighted by atomic mass is 32.2. The van der Waals surface area contributed by atoms with E-state index in [-0.39, 0.29) is 23.7 Å². The Hall–Kier alpha value is -4.18. The second kappa shape index (κ2) is 10.9. The number of carbonyl (C=O) groups excluding carboxylic acids is 2. The van der Waals surface area contributed by atoms with Gasteiger partial charge in [-0.05, 0) is 55.3 Å². The number of aryl methyl sites for hydroxylation is 1. The lowest BCUT2D eigenvalue weighted by molar-refractivity contribution is -0.128. The molecule has 0 atom stereocenters. The predicted octanol–water partition coefficient (Wildman–Crippen LogP) is 4.74. The van der Waals surface area contributed by atoms with Gasteiger partial charge < -0.3 is 14.2 Å². The molecule has 2 amide bonds. The Balaban J connectivity index is 1.19. The van der Waals surface area contributed by atoms with Crippen molar-refractivity contribution in [2.45, 2.75) is 32.2 Å². The monoisotopic (exact) mass is 540 g/mol. The normalized spacial score (nSPS) is 18.1. The molecule has 6 rings (SSSR count). The molecule has 0 radical (unpaired) electrons. The lowest BCUT2D eigenvalue weighted by atomic mass is 10.1. The fourth-order valence-electron chi connectivity index (χ4n) is 4.98. The van der Waals surface area contributed by atoms with E-state index in [0.717, 1.165) is 61.1 Å². The maximum atomic E-state index is 13.0. The first kappa shape index (κ1) is 25.1. The number of aliphatic imine (C=N–C) groups is 1. The van der Waals surface area contributed by atoms with Gasteiger partial charge in [-0.2, -0.15) is 15.1 Å². The average molecular weight is 541 g/mol. The minimum Gasteiger partial charge on any atom is -0.494 e. The molecule has 1 saturated heterocycles. The second-order valence-corrected chi connectivity index (χ2v) is 10.6. The van der Waals surface area contributed by atoms with Crippen molar-refractivity contribution >= 4 is 56.6 Å². The van der Waals surface area contributed by atoms with Gasteiger partial charge in [-0.25, -0.2) is 0 Å². The molecule has 1 fully saturated rings. The highest BCUT2D eigenvalue weighted by Crippen LogP contribution is 2.31. The van der Waals surface area contributed by atoms with E-state index in [1.165, 1.54) is 16.8 Å². The van der Waals surface area contributed by atoms with Crippen LogP contribution in [0.3, 0.4) is 0 Å². The molecule has 0 unspecified atom stereocenters. The molecule has 9 nitrogen and oxygen atoms in total. The number of carbonyl (C=O) groups is 2. The van der Waals surface area contributed by atoms with Gasteiger partial charge in [0, 0.05) is 42.3 Å². The van der Waals surface area contributed by atoms with E-state index in [0.29, 0.717) is 16.8 Å². The Kier molecular flexibility index (Phi) is 7.02. The van der Waals surface area contributed by atoms with Crippen LogP contribution in [0.5, 0.6) is 5.75 Å². The molecule has 10 heteroatoms. The SMILES string of the molecule is N=C1/C(=C\c2cn(CCCOc3ccccc3)c3ccccc23)C(=O)N=C2SC(CC(=O)N3CCCC3)=NN12. The van der Waals surface area contributed by atoms with E-state index in [9.17, 15) is 9.59 Å². The molecule has 1 aromatic heterocycles. The Morgan fingerprint density at radius 3 is 2.67 bits per heavy atom. The lowest BCUT2D eigenvalue weighted by Gasteiger charge is -2.20. The second-order valence-electron chi connectivity index (χ2n) is 9.59. The van der Waals surface area contributed by atoms with Gasteiger partial charge in [-0.3, -0.25) is 15.0 Å². The van der Waals surface area contributed by atoms with Crippen LogP contribution in [0.1, 0.15) is 31.2 Å². The predicted molar refractivity (Wildman–Crippen MR) is 154 cm³/mol. The van der Waals surface area contributed by atoms with Crippen LogP contribution in [-0.2, 0) is 16.1 Å². The number of rotatable bonds is 8. The summed E-state index contributed by atoms with van der Waals surface area (Å²) in [5.74, 6) is 0.360. The van der Waals surface area contributed by atoms with E-state index in [2.05, 4.69) is 14.7 Å². The van der Waals surface area contributed by atoms with Gasteiger partial charge in [0.2, 0.25) is 11.1 Å². The third-order valence-corrected chi connectivity index (χ3v) is 7.84. The summed E-state index contributed by atoms with van der Waals surface area (Å²) >= 11 is 1.19. The number of aromatic nitrogens is 1. The van der Waals surface area contributed by atoms with Crippen molar-refractivity contribution in [1.82, 2.24) is 14.5 Å². The van der Waals surface area contributed by atoms with E-state index >= 15 is 0 Å². The van der Waals surface area contributed by atoms with E-state index in [1.807, 2.05) is 65.7 Å². The van der Waals surface area contributed by atoms with Crippen molar-refractivity contribution in [3.05, 3.63) is 71.9 Å². The summed E-state index contributed by atoms with van der Waals surface area (Å²) < 4.78 is 7.99. The standard InChI is InChI=1S/C29H28N6O3S/c30-27-23(28(37)31-29-35(27)32-25(39-29)18-26(36)33-13-6-7-14-33)17-20-19-34(24-12-5-4-11-22(20)24)15-8-16-38-21-9-2-1-3-10-21/h1-5,9-12,17,19,30H,6-8,13-16,18H2/b23-17+,30-27?. The van der Waals surface area contributed by atoms with Crippen molar-refractivity contribution in [2.24, 2.45) is 10.1 Å². The zero-order valence-corrected chi connectivity index (χ0v) is 22.2. The quantitative estimate of drug-likeness (QED) is 0.328. The molecule has 39 heavy (non-hydrogen) atoms. The van der Waals surface area contributed by atoms with Gasteiger partial charge in [-0.15, -0.1) is 0 Å². The molecule has 3 aliphatic heterocycles. The van der Waals surface area contributed by atoms with Crippen LogP contribution in [0.15, 0.2) is 76.5 Å². The number of amides is 2. The number of nitrogens with zero attached hydrogens (tertiary/aromatic N) is 5. The molecule has 2 aromatic carbocycles. The summed E-state index contributed by atoms with van der Waals surface area (Å²) in [5, 5.41) is 16.4. The Labute approximate surface area is 230 Å². The summed E-state index contributed by atoms with van der Waals surface area (Å²) in [4.78, 5) is 31.6. The first-order valence-electron chi connectivity index (χ1n) is 13.1. The fraction of sp³-hybridized carbons (Fsp3) is 0.276. The smallest absolute Gasteiger partial charge is 0.283 e. The van der Waals surface area contributed by atoms with Gasteiger partial charge in [0.25, 0.3) is 5.91 Å². The molecule has 3 aromatic rings. The number of nitrogens with one attached hydrogen (secondary N) is 1. The van der Waals surface area contributed by atoms with E-state index < -0.39 is 5.91 Å². The number of thioether (sulfide) groups is 1. The van der Waals surface area contributed by atoms with Gasteiger partial charge in [0.05, 0.1) is 18.6 Å². The maximum absolute atomic E-state index is 13.0. The molecule has 0 spiro atoms. The summed E-state index contributed by atoms with van der Waals surface area (Å²) in [7, 11) is 0. The molecule has 198 valence electrons. The summed E-state index contributed by atoms with van der Waals surface area (Å²) in [5.41, 5.74) is 2.05. The number of para-hydroxylation sites is 2. The highest BCUT2D eigenvalue weighted by molar-refractivity contribution is 8.27. The van der Waals surface area contributed by atoms with Crippen LogP contribution in [0, 0.1) is 5.41 Å². The van der Waals surface area contributed by atoms with Crippen LogP contribution in [0.2, 0.25) is 0 Å². The van der Waals surface area contributed by atoms with Crippen molar-refractivity contribution in [1.29, 1.82) is 5.41 Å². The number of benzene rings is 2. The van der Waals surface area contributed by atoms with E-state index in [1.54, 1.807) is 6.08 Å². The number of fused-ring (bicyclic) bond motifs is 2. The topological polar surface area (TPSA) is 103 Å². The molecule has 1 N–H and O–H groups in total. The third kappa shape index (κ3) is 5.24. The lowest BCUT2D eigenvalue weighted by Crippen LogP contribution is -2.35. The third-order valence-electron chi connectivity index (χ3n) is 6.93. The van der Waals surface area contributed by atoms with Crippen molar-refractivity contribution < 1.29 is 14.3 Å². The number of hydrazone groups is 1. The zero-order chi connectivity index (χ0) is 26.8. The molecule has 0 bridgehead atoms. The largest absolute Gasteiger partial charge is 0.494 e. The Morgan fingerprint density at radius 2 is 1.85 bits per heavy atom. The number of hydrogen-bond donors (Lipinski definition) is 1. The molecule has 0 saturated carbocycles.